The van der Waals surface area contributed by atoms with E-state index < -0.39 is 18.2 Å². The molecular weight excluding hydrogens is 419 g/mol. The molecule has 2 heterocycles. The molecule has 0 fully saturated rings. The number of nitrogens with one attached hydrogen (secondary N) is 1. The van der Waals surface area contributed by atoms with Gasteiger partial charge in [0.05, 0.1) is 17.3 Å². The number of para-hydroxylation sites is 1. The smallest absolute Gasteiger partial charge is 0.405 e. The molecule has 2 aromatic heterocycles. The summed E-state index contributed by atoms with van der Waals surface area (Å²) in [7, 11) is 0. The highest BCUT2D eigenvalue weighted by atomic mass is 32.1. The number of hydrogen-bond acceptors (Lipinski definition) is 5. The molecule has 1 aromatic carbocycles. The lowest BCUT2D eigenvalue weighted by atomic mass is 10.1. The van der Waals surface area contributed by atoms with E-state index >= 15 is 0 Å². The van der Waals surface area contributed by atoms with Gasteiger partial charge in [0.15, 0.2) is 0 Å². The summed E-state index contributed by atoms with van der Waals surface area (Å²) in [6.07, 6.45) is -4.83. The Bertz CT molecular complexity index is 1060. The predicted molar refractivity (Wildman–Crippen MR) is 106 cm³/mol. The summed E-state index contributed by atoms with van der Waals surface area (Å²) in [6.45, 7) is 1.50. The fraction of sp³-hybridized carbons (Fsp3) is 0.250. The van der Waals surface area contributed by atoms with Crippen molar-refractivity contribution in [1.82, 2.24) is 15.1 Å². The summed E-state index contributed by atoms with van der Waals surface area (Å²) in [5.74, 6) is -1.43. The fourth-order valence-electron chi connectivity index (χ4n) is 2.71. The molecule has 30 heavy (non-hydrogen) atoms. The number of hydrogen-bond donors (Lipinski definition) is 1. The average molecular weight is 437 g/mol. The molecule has 0 saturated heterocycles. The molecule has 1 N–H and O–H groups in total. The second-order valence-corrected chi connectivity index (χ2v) is 7.44. The third-order valence-electron chi connectivity index (χ3n) is 4.19. The Hall–Kier alpha value is -3.14. The number of alkyl halides is 3. The van der Waals surface area contributed by atoms with Gasteiger partial charge in [-0.1, -0.05) is 31.2 Å². The van der Waals surface area contributed by atoms with E-state index in [1.165, 1.54) is 40.3 Å². The van der Waals surface area contributed by atoms with Crippen LogP contribution in [0.5, 0.6) is 5.75 Å². The third-order valence-corrected chi connectivity index (χ3v) is 5.08. The van der Waals surface area contributed by atoms with Crippen LogP contribution in [0.4, 0.5) is 13.2 Å². The first kappa shape index (κ1) is 21.6. The van der Waals surface area contributed by atoms with Gasteiger partial charge < -0.3 is 10.1 Å². The normalized spacial score (nSPS) is 12.4. The lowest BCUT2D eigenvalue weighted by molar-refractivity contribution is -0.274. The standard InChI is InChI=1S/C20H18F3N3O3S/c1-13(12-26-18(27)9-8-15(25-26)17-7-4-10-30-17)19(28)24-11-14-5-2-3-6-16(14)29-20(21,22)23/h2-10,13H,11-12H2,1H3,(H,24,28). The van der Waals surface area contributed by atoms with Crippen LogP contribution in [0.3, 0.4) is 0 Å². The van der Waals surface area contributed by atoms with Gasteiger partial charge in [0.2, 0.25) is 5.91 Å². The van der Waals surface area contributed by atoms with Crippen LogP contribution in [0.15, 0.2) is 58.7 Å². The Labute approximate surface area is 173 Å². The first-order valence-corrected chi connectivity index (χ1v) is 9.84. The molecule has 1 atom stereocenters. The minimum Gasteiger partial charge on any atom is -0.405 e. The number of amides is 1. The van der Waals surface area contributed by atoms with Crippen molar-refractivity contribution in [2.45, 2.75) is 26.4 Å². The molecule has 158 valence electrons. The van der Waals surface area contributed by atoms with E-state index in [1.807, 2.05) is 17.5 Å². The Morgan fingerprint density at radius 1 is 1.20 bits per heavy atom. The number of carbonyl (C=O) groups excluding carboxylic acids is 1. The molecule has 0 spiro atoms. The molecular formula is C20H18F3N3O3S. The van der Waals surface area contributed by atoms with E-state index in [9.17, 15) is 22.8 Å². The SMILES string of the molecule is CC(Cn1nc(-c2cccs2)ccc1=O)C(=O)NCc1ccccc1OC(F)(F)F. The highest BCUT2D eigenvalue weighted by Gasteiger charge is 2.32. The zero-order chi connectivity index (χ0) is 21.7. The van der Waals surface area contributed by atoms with Gasteiger partial charge in [0.25, 0.3) is 5.56 Å². The first-order valence-electron chi connectivity index (χ1n) is 8.96. The topological polar surface area (TPSA) is 73.2 Å². The van der Waals surface area contributed by atoms with Crippen LogP contribution < -0.4 is 15.6 Å². The number of nitrogens with zero attached hydrogens (tertiary/aromatic N) is 2. The predicted octanol–water partition coefficient (Wildman–Crippen LogP) is 3.82. The number of benzene rings is 1. The van der Waals surface area contributed by atoms with Crippen LogP contribution in [0.25, 0.3) is 10.6 Å². The molecule has 10 heteroatoms. The lowest BCUT2D eigenvalue weighted by Gasteiger charge is -2.16. The second kappa shape index (κ2) is 9.12. The lowest BCUT2D eigenvalue weighted by Crippen LogP contribution is -2.34. The Balaban J connectivity index is 1.65. The molecule has 0 aliphatic carbocycles. The van der Waals surface area contributed by atoms with E-state index in [2.05, 4.69) is 15.2 Å². The van der Waals surface area contributed by atoms with Crippen molar-refractivity contribution in [2.24, 2.45) is 5.92 Å². The van der Waals surface area contributed by atoms with Crippen LogP contribution in [0, 0.1) is 5.92 Å². The van der Waals surface area contributed by atoms with Crippen LogP contribution >= 0.6 is 11.3 Å². The molecule has 6 nitrogen and oxygen atoms in total. The summed E-state index contributed by atoms with van der Waals surface area (Å²) in [4.78, 5) is 25.4. The summed E-state index contributed by atoms with van der Waals surface area (Å²) in [5, 5.41) is 8.77. The Morgan fingerprint density at radius 3 is 2.67 bits per heavy atom. The van der Waals surface area contributed by atoms with Crippen molar-refractivity contribution in [2.75, 3.05) is 0 Å². The maximum Gasteiger partial charge on any atom is 0.573 e. The third kappa shape index (κ3) is 5.69. The number of rotatable bonds is 7. The molecule has 0 aliphatic heterocycles. The van der Waals surface area contributed by atoms with E-state index in [0.29, 0.717) is 5.69 Å². The second-order valence-electron chi connectivity index (χ2n) is 6.49. The summed E-state index contributed by atoms with van der Waals surface area (Å²) in [6, 6.07) is 12.3. The molecule has 0 radical (unpaired) electrons. The van der Waals surface area contributed by atoms with Crippen molar-refractivity contribution in [1.29, 1.82) is 0 Å². The van der Waals surface area contributed by atoms with Gasteiger partial charge >= 0.3 is 6.36 Å². The van der Waals surface area contributed by atoms with Gasteiger partial charge in [-0.15, -0.1) is 24.5 Å². The number of thiophene rings is 1. The van der Waals surface area contributed by atoms with Gasteiger partial charge in [0.1, 0.15) is 11.4 Å². The number of carbonyl (C=O) groups is 1. The van der Waals surface area contributed by atoms with Crippen LogP contribution in [0.2, 0.25) is 0 Å². The molecule has 3 aromatic rings. The van der Waals surface area contributed by atoms with E-state index in [0.717, 1.165) is 4.88 Å². The molecule has 1 unspecified atom stereocenters. The number of aromatic nitrogens is 2. The van der Waals surface area contributed by atoms with Gasteiger partial charge in [-0.25, -0.2) is 4.68 Å². The highest BCUT2D eigenvalue weighted by molar-refractivity contribution is 7.13. The summed E-state index contributed by atoms with van der Waals surface area (Å²) >= 11 is 1.48. The van der Waals surface area contributed by atoms with Crippen LogP contribution in [-0.4, -0.2) is 22.1 Å². The van der Waals surface area contributed by atoms with Crippen molar-refractivity contribution in [3.8, 4) is 16.3 Å². The molecule has 0 aliphatic rings. The quantitative estimate of drug-likeness (QED) is 0.610. The monoisotopic (exact) mass is 437 g/mol. The van der Waals surface area contributed by atoms with Crippen LogP contribution in [-0.2, 0) is 17.9 Å². The van der Waals surface area contributed by atoms with Crippen molar-refractivity contribution in [3.63, 3.8) is 0 Å². The van der Waals surface area contributed by atoms with E-state index in [4.69, 9.17) is 0 Å². The summed E-state index contributed by atoms with van der Waals surface area (Å²) in [5.41, 5.74) is 0.458. The van der Waals surface area contributed by atoms with Crippen molar-refractivity contribution in [3.05, 3.63) is 69.8 Å². The number of ether oxygens (including phenoxy) is 1. The minimum atomic E-state index is -4.83. The molecule has 0 bridgehead atoms. The van der Waals surface area contributed by atoms with E-state index in [1.54, 1.807) is 19.1 Å². The molecule has 1 amide bonds. The van der Waals surface area contributed by atoms with Crippen molar-refractivity contribution >= 4 is 17.2 Å². The summed E-state index contributed by atoms with van der Waals surface area (Å²) < 4.78 is 42.7. The zero-order valence-corrected chi connectivity index (χ0v) is 16.7. The van der Waals surface area contributed by atoms with Gasteiger partial charge in [-0.2, -0.15) is 5.10 Å². The first-order chi connectivity index (χ1) is 14.2. The van der Waals surface area contributed by atoms with E-state index in [-0.39, 0.29) is 30.0 Å². The largest absolute Gasteiger partial charge is 0.573 e. The minimum absolute atomic E-state index is 0.0323. The maximum atomic E-state index is 12.5. The van der Waals surface area contributed by atoms with Gasteiger partial charge in [0, 0.05) is 18.2 Å². The van der Waals surface area contributed by atoms with Crippen molar-refractivity contribution < 1.29 is 22.7 Å². The maximum absolute atomic E-state index is 12.5. The molecule has 0 saturated carbocycles. The fourth-order valence-corrected chi connectivity index (χ4v) is 3.40. The Morgan fingerprint density at radius 2 is 1.97 bits per heavy atom. The van der Waals surface area contributed by atoms with Gasteiger partial charge in [-0.3, -0.25) is 9.59 Å². The Kier molecular flexibility index (Phi) is 6.56. The average Bonchev–Trinajstić information content (AvgIpc) is 3.22. The van der Waals surface area contributed by atoms with Crippen LogP contribution in [0.1, 0.15) is 12.5 Å². The van der Waals surface area contributed by atoms with Gasteiger partial charge in [-0.05, 0) is 23.6 Å². The highest BCUT2D eigenvalue weighted by Crippen LogP contribution is 2.26. The number of halogens is 3. The molecule has 3 rings (SSSR count). The zero-order valence-electron chi connectivity index (χ0n) is 15.8.